The van der Waals surface area contributed by atoms with Gasteiger partial charge in [-0.25, -0.2) is 19.2 Å². The third kappa shape index (κ3) is 3.92. The Morgan fingerprint density at radius 1 is 1.20 bits per heavy atom. The highest BCUT2D eigenvalue weighted by Crippen LogP contribution is 2.35. The Morgan fingerprint density at radius 2 is 1.97 bits per heavy atom. The highest BCUT2D eigenvalue weighted by atomic mass is 19.1. The van der Waals surface area contributed by atoms with E-state index >= 15 is 0 Å². The van der Waals surface area contributed by atoms with E-state index in [0.717, 1.165) is 6.42 Å². The summed E-state index contributed by atoms with van der Waals surface area (Å²) >= 11 is 0. The van der Waals surface area contributed by atoms with E-state index in [1.807, 2.05) is 25.7 Å². The molecular formula is C23H24FN3O3. The molecule has 0 saturated carbocycles. The number of rotatable bonds is 3. The van der Waals surface area contributed by atoms with Gasteiger partial charge >= 0.3 is 5.97 Å². The second-order valence-corrected chi connectivity index (χ2v) is 8.43. The minimum absolute atomic E-state index is 0.0509. The molecule has 1 saturated heterocycles. The molecule has 1 N–H and O–H groups in total. The minimum atomic E-state index is -0.605. The van der Waals surface area contributed by atoms with Crippen molar-refractivity contribution in [2.75, 3.05) is 11.4 Å². The molecule has 0 aliphatic carbocycles. The smallest absolute Gasteiger partial charge is 0.329 e. The van der Waals surface area contributed by atoms with Crippen molar-refractivity contribution in [3.63, 3.8) is 0 Å². The summed E-state index contributed by atoms with van der Waals surface area (Å²) in [5.74, 6) is 0.0983. The van der Waals surface area contributed by atoms with Gasteiger partial charge in [-0.05, 0) is 63.9 Å². The monoisotopic (exact) mass is 409 g/mol. The first-order valence-electron chi connectivity index (χ1n) is 9.98. The zero-order valence-corrected chi connectivity index (χ0v) is 17.2. The molecule has 1 aliphatic heterocycles. The molecule has 1 aliphatic rings. The number of ether oxygens (including phenoxy) is 1. The number of aromatic nitrogens is 2. The van der Waals surface area contributed by atoms with Crippen molar-refractivity contribution in [2.24, 2.45) is 0 Å². The second-order valence-electron chi connectivity index (χ2n) is 8.43. The van der Waals surface area contributed by atoms with Gasteiger partial charge in [-0.1, -0.05) is 12.1 Å². The van der Waals surface area contributed by atoms with Crippen molar-refractivity contribution < 1.29 is 19.0 Å². The number of para-hydroxylation sites is 1. The van der Waals surface area contributed by atoms with Crippen LogP contribution in [0.1, 0.15) is 33.6 Å². The lowest BCUT2D eigenvalue weighted by Gasteiger charge is -2.29. The number of carbonyl (C=O) groups is 1. The van der Waals surface area contributed by atoms with Gasteiger partial charge in [0.15, 0.2) is 5.82 Å². The Kier molecular flexibility index (Phi) is 5.05. The number of halogens is 1. The van der Waals surface area contributed by atoms with E-state index in [1.165, 1.54) is 12.1 Å². The molecule has 30 heavy (non-hydrogen) atoms. The van der Waals surface area contributed by atoms with Crippen molar-refractivity contribution >= 4 is 22.7 Å². The molecule has 3 aromatic rings. The van der Waals surface area contributed by atoms with Crippen LogP contribution in [0, 0.1) is 5.82 Å². The zero-order chi connectivity index (χ0) is 21.5. The fourth-order valence-corrected chi connectivity index (χ4v) is 3.72. The molecule has 7 heteroatoms. The molecular weight excluding hydrogens is 385 g/mol. The van der Waals surface area contributed by atoms with Crippen molar-refractivity contribution in [1.82, 2.24) is 9.97 Å². The van der Waals surface area contributed by atoms with E-state index in [2.05, 4.69) is 9.97 Å². The number of hydrogen-bond acceptors (Lipinski definition) is 6. The topological polar surface area (TPSA) is 75.5 Å². The lowest BCUT2D eigenvalue weighted by Crippen LogP contribution is -2.41. The predicted octanol–water partition coefficient (Wildman–Crippen LogP) is 4.45. The van der Waals surface area contributed by atoms with Crippen LogP contribution in [-0.2, 0) is 9.53 Å². The third-order valence-electron chi connectivity index (χ3n) is 4.99. The average Bonchev–Trinajstić information content (AvgIpc) is 3.16. The van der Waals surface area contributed by atoms with Gasteiger partial charge in [0.05, 0.1) is 11.1 Å². The molecule has 0 bridgehead atoms. The van der Waals surface area contributed by atoms with E-state index in [0.29, 0.717) is 41.1 Å². The Hall–Kier alpha value is -3.22. The van der Waals surface area contributed by atoms with Crippen LogP contribution in [0.3, 0.4) is 0 Å². The standard InChI is InChI=1S/C23H24FN3O3/c1-23(2,3)30-22(29)18-8-6-12-27(18)21-16-13-14(24)10-11-17(16)25-20(26-21)15-7-4-5-9-19(15)28/h4-5,7,9-11,13,18,28H,6,8,12H2,1-3H3/t18-/m0/s1. The molecule has 1 atom stereocenters. The van der Waals surface area contributed by atoms with Crippen LogP contribution >= 0.6 is 0 Å². The molecule has 156 valence electrons. The van der Waals surface area contributed by atoms with Crippen LogP contribution in [0.4, 0.5) is 10.2 Å². The van der Waals surface area contributed by atoms with Gasteiger partial charge in [-0.2, -0.15) is 0 Å². The summed E-state index contributed by atoms with van der Waals surface area (Å²) in [6.07, 6.45) is 1.41. The van der Waals surface area contributed by atoms with Crippen LogP contribution < -0.4 is 4.90 Å². The summed E-state index contributed by atoms with van der Waals surface area (Å²) in [6.45, 7) is 6.08. The summed E-state index contributed by atoms with van der Waals surface area (Å²) in [4.78, 5) is 23.9. The first-order valence-corrected chi connectivity index (χ1v) is 9.98. The number of fused-ring (bicyclic) bond motifs is 1. The van der Waals surface area contributed by atoms with Crippen molar-refractivity contribution in [2.45, 2.75) is 45.3 Å². The molecule has 4 rings (SSSR count). The number of phenols is 1. The van der Waals surface area contributed by atoms with E-state index in [4.69, 9.17) is 4.74 Å². The van der Waals surface area contributed by atoms with E-state index < -0.39 is 17.5 Å². The summed E-state index contributed by atoms with van der Waals surface area (Å²) in [7, 11) is 0. The Labute approximate surface area is 174 Å². The predicted molar refractivity (Wildman–Crippen MR) is 113 cm³/mol. The number of anilines is 1. The van der Waals surface area contributed by atoms with Gasteiger partial charge in [0.1, 0.15) is 29.0 Å². The fourth-order valence-electron chi connectivity index (χ4n) is 3.72. The largest absolute Gasteiger partial charge is 0.507 e. The Morgan fingerprint density at radius 3 is 2.70 bits per heavy atom. The molecule has 6 nitrogen and oxygen atoms in total. The normalized spacial score (nSPS) is 16.8. The molecule has 0 unspecified atom stereocenters. The number of esters is 1. The highest BCUT2D eigenvalue weighted by Gasteiger charge is 2.36. The second kappa shape index (κ2) is 7.55. The number of aromatic hydroxyl groups is 1. The molecule has 0 spiro atoms. The lowest BCUT2D eigenvalue weighted by atomic mass is 10.1. The van der Waals surface area contributed by atoms with Crippen LogP contribution in [0.5, 0.6) is 5.75 Å². The Balaban J connectivity index is 1.85. The van der Waals surface area contributed by atoms with Crippen LogP contribution in [0.2, 0.25) is 0 Å². The maximum atomic E-state index is 14.1. The van der Waals surface area contributed by atoms with Gasteiger partial charge in [0.25, 0.3) is 0 Å². The van der Waals surface area contributed by atoms with Crippen LogP contribution in [0.15, 0.2) is 42.5 Å². The zero-order valence-electron chi connectivity index (χ0n) is 17.2. The van der Waals surface area contributed by atoms with Crippen LogP contribution in [-0.4, -0.2) is 39.2 Å². The molecule has 1 fully saturated rings. The number of hydrogen-bond donors (Lipinski definition) is 1. The maximum absolute atomic E-state index is 14.1. The molecule has 0 amide bonds. The summed E-state index contributed by atoms with van der Waals surface area (Å²) in [6, 6.07) is 10.6. The molecule has 2 aromatic carbocycles. The van der Waals surface area contributed by atoms with E-state index in [1.54, 1.807) is 30.3 Å². The maximum Gasteiger partial charge on any atom is 0.329 e. The Bertz CT molecular complexity index is 1110. The van der Waals surface area contributed by atoms with E-state index in [9.17, 15) is 14.3 Å². The van der Waals surface area contributed by atoms with Crippen LogP contribution in [0.25, 0.3) is 22.3 Å². The SMILES string of the molecule is CC(C)(C)OC(=O)[C@@H]1CCCN1c1nc(-c2ccccc2O)nc2ccc(F)cc12. The third-order valence-corrected chi connectivity index (χ3v) is 4.99. The van der Waals surface area contributed by atoms with Gasteiger partial charge in [0, 0.05) is 11.9 Å². The average molecular weight is 409 g/mol. The quantitative estimate of drug-likeness (QED) is 0.644. The van der Waals surface area contributed by atoms with Crippen molar-refractivity contribution in [3.8, 4) is 17.1 Å². The minimum Gasteiger partial charge on any atom is -0.507 e. The number of carbonyl (C=O) groups excluding carboxylic acids is 1. The lowest BCUT2D eigenvalue weighted by molar-refractivity contribution is -0.156. The van der Waals surface area contributed by atoms with Gasteiger partial charge in [-0.3, -0.25) is 0 Å². The number of benzene rings is 2. The summed E-state index contributed by atoms with van der Waals surface area (Å²) in [5, 5.41) is 10.8. The van der Waals surface area contributed by atoms with Gasteiger partial charge < -0.3 is 14.7 Å². The summed E-state index contributed by atoms with van der Waals surface area (Å²) < 4.78 is 19.7. The first kappa shape index (κ1) is 20.1. The first-order chi connectivity index (χ1) is 14.2. The van der Waals surface area contributed by atoms with Gasteiger partial charge in [0.2, 0.25) is 0 Å². The molecule has 0 radical (unpaired) electrons. The molecule has 2 heterocycles. The number of nitrogens with zero attached hydrogens (tertiary/aromatic N) is 3. The van der Waals surface area contributed by atoms with Crippen molar-refractivity contribution in [3.05, 3.63) is 48.3 Å². The summed E-state index contributed by atoms with van der Waals surface area (Å²) in [5.41, 5.74) is 0.402. The van der Waals surface area contributed by atoms with Crippen molar-refractivity contribution in [1.29, 1.82) is 0 Å². The van der Waals surface area contributed by atoms with E-state index in [-0.39, 0.29) is 11.7 Å². The number of phenolic OH excluding ortho intramolecular Hbond substituents is 1. The van der Waals surface area contributed by atoms with Gasteiger partial charge in [-0.15, -0.1) is 0 Å². The highest BCUT2D eigenvalue weighted by molar-refractivity contribution is 5.94. The fraction of sp³-hybridized carbons (Fsp3) is 0.348. The molecule has 1 aromatic heterocycles.